The van der Waals surface area contributed by atoms with Gasteiger partial charge in [-0.15, -0.1) is 0 Å². The number of nitrogens with one attached hydrogen (secondary N) is 1. The summed E-state index contributed by atoms with van der Waals surface area (Å²) in [4.78, 5) is 0.211. The Labute approximate surface area is 130 Å². The molecule has 22 heavy (non-hydrogen) atoms. The fourth-order valence-corrected chi connectivity index (χ4v) is 4.00. The van der Waals surface area contributed by atoms with Crippen LogP contribution in [0.2, 0.25) is 0 Å². The maximum Gasteiger partial charge on any atom is 0.240 e. The van der Waals surface area contributed by atoms with Crippen LogP contribution in [0.4, 0.5) is 0 Å². The van der Waals surface area contributed by atoms with Crippen molar-refractivity contribution in [2.24, 2.45) is 0 Å². The number of hydrogen-bond donors (Lipinski definition) is 1. The van der Waals surface area contributed by atoms with Crippen molar-refractivity contribution in [1.29, 1.82) is 0 Å². The first-order valence-corrected chi connectivity index (χ1v) is 8.97. The summed E-state index contributed by atoms with van der Waals surface area (Å²) in [5.74, 6) is 0.158. The van der Waals surface area contributed by atoms with Gasteiger partial charge in [0, 0.05) is 19.4 Å². The van der Waals surface area contributed by atoms with Crippen molar-refractivity contribution in [3.05, 3.63) is 24.3 Å². The predicted molar refractivity (Wildman–Crippen MR) is 80.2 cm³/mol. The van der Waals surface area contributed by atoms with Crippen molar-refractivity contribution >= 4 is 10.0 Å². The molecule has 1 saturated heterocycles. The average Bonchev–Trinajstić information content (AvgIpc) is 3.16. The lowest BCUT2D eigenvalue weighted by atomic mass is 10.2. The Kier molecular flexibility index (Phi) is 4.40. The standard InChI is InChI=1S/C15H21NO5S/c1-19-12-4-6-14(7-5-12)22(17,18)16-10-13-11-20-15(21-13)8-2-3-9-15/h4-7,13,16H,2-3,8-11H2,1H3/t13-/m0/s1. The number of ether oxygens (including phenoxy) is 3. The monoisotopic (exact) mass is 327 g/mol. The smallest absolute Gasteiger partial charge is 0.240 e. The van der Waals surface area contributed by atoms with Gasteiger partial charge in [0.25, 0.3) is 0 Å². The van der Waals surface area contributed by atoms with Gasteiger partial charge in [-0.3, -0.25) is 0 Å². The van der Waals surface area contributed by atoms with E-state index < -0.39 is 15.8 Å². The van der Waals surface area contributed by atoms with Crippen LogP contribution >= 0.6 is 0 Å². The maximum atomic E-state index is 12.3. The molecular weight excluding hydrogens is 306 g/mol. The molecule has 1 aromatic rings. The molecule has 1 N–H and O–H groups in total. The van der Waals surface area contributed by atoms with Crippen LogP contribution in [0.25, 0.3) is 0 Å². The van der Waals surface area contributed by atoms with Crippen LogP contribution in [-0.2, 0) is 19.5 Å². The molecule has 1 aliphatic carbocycles. The Hall–Kier alpha value is -1.15. The summed E-state index contributed by atoms with van der Waals surface area (Å²) in [5.41, 5.74) is 0. The van der Waals surface area contributed by atoms with Gasteiger partial charge in [-0.05, 0) is 37.1 Å². The minimum Gasteiger partial charge on any atom is -0.497 e. The molecule has 2 fully saturated rings. The second-order valence-electron chi connectivity index (χ2n) is 5.70. The van der Waals surface area contributed by atoms with Gasteiger partial charge < -0.3 is 14.2 Å². The molecule has 0 bridgehead atoms. The number of hydrogen-bond acceptors (Lipinski definition) is 5. The second kappa shape index (κ2) is 6.16. The molecule has 122 valence electrons. The zero-order valence-corrected chi connectivity index (χ0v) is 13.4. The first-order chi connectivity index (χ1) is 10.5. The highest BCUT2D eigenvalue weighted by Crippen LogP contribution is 2.39. The number of benzene rings is 1. The lowest BCUT2D eigenvalue weighted by molar-refractivity contribution is -0.160. The fraction of sp³-hybridized carbons (Fsp3) is 0.600. The third kappa shape index (κ3) is 3.27. The van der Waals surface area contributed by atoms with Crippen molar-refractivity contribution in [2.45, 2.75) is 42.5 Å². The quantitative estimate of drug-likeness (QED) is 0.890. The molecule has 0 unspecified atom stereocenters. The van der Waals surface area contributed by atoms with Gasteiger partial charge in [-0.25, -0.2) is 13.1 Å². The largest absolute Gasteiger partial charge is 0.497 e. The SMILES string of the molecule is COc1ccc(S(=O)(=O)NC[C@H]2COC3(CCCC3)O2)cc1. The highest BCUT2D eigenvalue weighted by molar-refractivity contribution is 7.89. The van der Waals surface area contributed by atoms with Gasteiger partial charge in [-0.2, -0.15) is 0 Å². The van der Waals surface area contributed by atoms with E-state index in [4.69, 9.17) is 14.2 Å². The van der Waals surface area contributed by atoms with Gasteiger partial charge in [0.1, 0.15) is 5.75 Å². The molecule has 7 heteroatoms. The number of methoxy groups -OCH3 is 1. The van der Waals surface area contributed by atoms with Crippen LogP contribution in [0, 0.1) is 0 Å². The molecule has 3 rings (SSSR count). The van der Waals surface area contributed by atoms with E-state index in [1.54, 1.807) is 12.1 Å². The molecule has 0 aromatic heterocycles. The topological polar surface area (TPSA) is 73.9 Å². The first-order valence-electron chi connectivity index (χ1n) is 7.49. The van der Waals surface area contributed by atoms with Gasteiger partial charge in [0.2, 0.25) is 10.0 Å². The second-order valence-corrected chi connectivity index (χ2v) is 7.46. The van der Waals surface area contributed by atoms with E-state index in [1.165, 1.54) is 19.2 Å². The van der Waals surface area contributed by atoms with Crippen LogP contribution in [0.5, 0.6) is 5.75 Å². The van der Waals surface area contributed by atoms with Gasteiger partial charge in [-0.1, -0.05) is 0 Å². The van der Waals surface area contributed by atoms with Crippen molar-refractivity contribution in [2.75, 3.05) is 20.3 Å². The average molecular weight is 327 g/mol. The van der Waals surface area contributed by atoms with E-state index in [9.17, 15) is 8.42 Å². The Morgan fingerprint density at radius 2 is 1.95 bits per heavy atom. The minimum atomic E-state index is -3.55. The van der Waals surface area contributed by atoms with Gasteiger partial charge in [0.15, 0.2) is 5.79 Å². The van der Waals surface area contributed by atoms with E-state index >= 15 is 0 Å². The highest BCUT2D eigenvalue weighted by Gasteiger charge is 2.43. The Morgan fingerprint density at radius 1 is 1.27 bits per heavy atom. The maximum absolute atomic E-state index is 12.3. The molecule has 6 nitrogen and oxygen atoms in total. The molecule has 1 saturated carbocycles. The molecule has 1 aromatic carbocycles. The van der Waals surface area contributed by atoms with Crippen molar-refractivity contribution in [1.82, 2.24) is 4.72 Å². The zero-order valence-electron chi connectivity index (χ0n) is 12.6. The lowest BCUT2D eigenvalue weighted by Gasteiger charge is -2.21. The third-order valence-electron chi connectivity index (χ3n) is 4.15. The van der Waals surface area contributed by atoms with Crippen LogP contribution < -0.4 is 9.46 Å². The summed E-state index contributed by atoms with van der Waals surface area (Å²) in [7, 11) is -2.01. The molecule has 0 radical (unpaired) electrons. The van der Waals surface area contributed by atoms with Crippen LogP contribution in [0.15, 0.2) is 29.2 Å². The first kappa shape index (κ1) is 15.7. The molecule has 1 spiro atoms. The van der Waals surface area contributed by atoms with Crippen LogP contribution in [0.3, 0.4) is 0 Å². The summed E-state index contributed by atoms with van der Waals surface area (Å²) in [5, 5.41) is 0. The minimum absolute atomic E-state index is 0.211. The van der Waals surface area contributed by atoms with Gasteiger partial charge in [0.05, 0.1) is 24.7 Å². The molecular formula is C15H21NO5S. The molecule has 2 aliphatic rings. The lowest BCUT2D eigenvalue weighted by Crippen LogP contribution is -2.35. The van der Waals surface area contributed by atoms with Crippen LogP contribution in [-0.4, -0.2) is 40.6 Å². The van der Waals surface area contributed by atoms with E-state index in [2.05, 4.69) is 4.72 Å². The highest BCUT2D eigenvalue weighted by atomic mass is 32.2. The summed E-state index contributed by atoms with van der Waals surface area (Å²) < 4.78 is 43.8. The molecule has 1 atom stereocenters. The summed E-state index contributed by atoms with van der Waals surface area (Å²) in [6, 6.07) is 6.28. The molecule has 0 amide bonds. The van der Waals surface area contributed by atoms with E-state index in [-0.39, 0.29) is 17.5 Å². The number of rotatable bonds is 5. The summed E-state index contributed by atoms with van der Waals surface area (Å²) in [6.45, 7) is 0.654. The Bertz CT molecular complexity index is 607. The number of sulfonamides is 1. The van der Waals surface area contributed by atoms with Crippen molar-refractivity contribution < 1.29 is 22.6 Å². The third-order valence-corrected chi connectivity index (χ3v) is 5.59. The van der Waals surface area contributed by atoms with Crippen LogP contribution in [0.1, 0.15) is 25.7 Å². The van der Waals surface area contributed by atoms with Crippen molar-refractivity contribution in [3.8, 4) is 5.75 Å². The normalized spacial score (nSPS) is 24.0. The summed E-state index contributed by atoms with van der Waals surface area (Å²) >= 11 is 0. The molecule has 1 aliphatic heterocycles. The fourth-order valence-electron chi connectivity index (χ4n) is 2.93. The van der Waals surface area contributed by atoms with Crippen molar-refractivity contribution in [3.63, 3.8) is 0 Å². The predicted octanol–water partition coefficient (Wildman–Crippen LogP) is 1.66. The Balaban J connectivity index is 1.58. The molecule has 1 heterocycles. The van der Waals surface area contributed by atoms with E-state index in [1.807, 2.05) is 0 Å². The van der Waals surface area contributed by atoms with E-state index in [0.29, 0.717) is 12.4 Å². The summed E-state index contributed by atoms with van der Waals surface area (Å²) in [6.07, 6.45) is 3.77. The van der Waals surface area contributed by atoms with Gasteiger partial charge >= 0.3 is 0 Å². The zero-order chi connectivity index (χ0) is 15.6. The Morgan fingerprint density at radius 3 is 2.59 bits per heavy atom. The van der Waals surface area contributed by atoms with E-state index in [0.717, 1.165) is 25.7 Å².